The summed E-state index contributed by atoms with van der Waals surface area (Å²) in [6.07, 6.45) is 5.03. The first-order valence-corrected chi connectivity index (χ1v) is 6.94. The van der Waals surface area contributed by atoms with Gasteiger partial charge in [0.2, 0.25) is 0 Å². The lowest BCUT2D eigenvalue weighted by Crippen LogP contribution is -2.57. The minimum atomic E-state index is 0.225. The molecule has 1 rings (SSSR count). The lowest BCUT2D eigenvalue weighted by atomic mass is 9.68. The average molecular weight is 242 g/mol. The van der Waals surface area contributed by atoms with Crippen LogP contribution in [0.3, 0.4) is 0 Å². The summed E-state index contributed by atoms with van der Waals surface area (Å²) in [5, 5.41) is 0. The van der Waals surface area contributed by atoms with E-state index in [1.54, 1.807) is 7.11 Å². The fourth-order valence-electron chi connectivity index (χ4n) is 2.97. The number of ether oxygens (including phenoxy) is 1. The van der Waals surface area contributed by atoms with Gasteiger partial charge in [0.1, 0.15) is 0 Å². The maximum absolute atomic E-state index is 6.09. The predicted octanol–water partition coefficient (Wildman–Crippen LogP) is 2.25. The predicted molar refractivity (Wildman–Crippen MR) is 73.2 cm³/mol. The van der Waals surface area contributed by atoms with E-state index >= 15 is 0 Å². The number of likely N-dealkylation sites (N-methyl/N-ethyl adjacent to an activating group) is 1. The lowest BCUT2D eigenvalue weighted by molar-refractivity contribution is 0.0110. The highest BCUT2D eigenvalue weighted by atomic mass is 16.5. The molecule has 0 radical (unpaired) electrons. The highest BCUT2D eigenvalue weighted by Crippen LogP contribution is 2.42. The molecule has 0 spiro atoms. The number of hydrogen-bond donors (Lipinski definition) is 1. The minimum absolute atomic E-state index is 0.225. The highest BCUT2D eigenvalue weighted by molar-refractivity contribution is 4.97. The summed E-state index contributed by atoms with van der Waals surface area (Å²) >= 11 is 0. The molecular formula is C14H30N2O. The van der Waals surface area contributed by atoms with Crippen molar-refractivity contribution in [2.75, 3.05) is 33.4 Å². The van der Waals surface area contributed by atoms with Crippen molar-refractivity contribution < 1.29 is 4.74 Å². The Balaban J connectivity index is 2.67. The van der Waals surface area contributed by atoms with Crippen molar-refractivity contribution in [3.63, 3.8) is 0 Å². The molecule has 0 unspecified atom stereocenters. The molecule has 17 heavy (non-hydrogen) atoms. The van der Waals surface area contributed by atoms with E-state index < -0.39 is 0 Å². The van der Waals surface area contributed by atoms with Crippen LogP contribution in [-0.4, -0.2) is 43.8 Å². The van der Waals surface area contributed by atoms with E-state index in [2.05, 4.69) is 25.7 Å². The molecule has 0 aromatic heterocycles. The summed E-state index contributed by atoms with van der Waals surface area (Å²) in [5.74, 6) is 0. The third-order valence-electron chi connectivity index (χ3n) is 4.53. The van der Waals surface area contributed by atoms with E-state index in [1.807, 2.05) is 0 Å². The number of nitrogens with two attached hydrogens (primary N) is 1. The molecule has 102 valence electrons. The number of hydrogen-bond acceptors (Lipinski definition) is 3. The molecule has 0 heterocycles. The number of methoxy groups -OCH3 is 1. The molecular weight excluding hydrogens is 212 g/mol. The molecule has 2 N–H and O–H groups in total. The maximum Gasteiger partial charge on any atom is 0.0589 e. The lowest BCUT2D eigenvalue weighted by Gasteiger charge is -2.49. The summed E-state index contributed by atoms with van der Waals surface area (Å²) in [7, 11) is 1.77. The van der Waals surface area contributed by atoms with Gasteiger partial charge in [0.05, 0.1) is 6.61 Å². The van der Waals surface area contributed by atoms with E-state index in [9.17, 15) is 0 Å². The van der Waals surface area contributed by atoms with Crippen LogP contribution in [0.25, 0.3) is 0 Å². The van der Waals surface area contributed by atoms with Crippen molar-refractivity contribution in [2.45, 2.75) is 52.0 Å². The van der Waals surface area contributed by atoms with Crippen molar-refractivity contribution in [3.05, 3.63) is 0 Å². The maximum atomic E-state index is 6.09. The summed E-state index contributed by atoms with van der Waals surface area (Å²) in [6, 6.07) is 0. The van der Waals surface area contributed by atoms with E-state index in [4.69, 9.17) is 10.5 Å². The number of nitrogens with zero attached hydrogens (tertiary/aromatic N) is 1. The van der Waals surface area contributed by atoms with Crippen LogP contribution in [0.15, 0.2) is 0 Å². The third-order valence-corrected chi connectivity index (χ3v) is 4.53. The summed E-state index contributed by atoms with van der Waals surface area (Å²) in [5.41, 5.74) is 6.82. The molecule has 3 nitrogen and oxygen atoms in total. The second-order valence-corrected chi connectivity index (χ2v) is 6.17. The van der Waals surface area contributed by atoms with E-state index in [0.29, 0.717) is 5.41 Å². The molecule has 0 aromatic rings. The Morgan fingerprint density at radius 1 is 1.18 bits per heavy atom. The van der Waals surface area contributed by atoms with E-state index in [1.165, 1.54) is 25.7 Å². The Labute approximate surface area is 107 Å². The zero-order chi connectivity index (χ0) is 12.9. The van der Waals surface area contributed by atoms with Gasteiger partial charge in [-0.25, -0.2) is 0 Å². The van der Waals surface area contributed by atoms with Gasteiger partial charge in [0.15, 0.2) is 0 Å². The summed E-state index contributed by atoms with van der Waals surface area (Å²) in [4.78, 5) is 2.53. The van der Waals surface area contributed by atoms with Crippen molar-refractivity contribution in [1.82, 2.24) is 4.90 Å². The van der Waals surface area contributed by atoms with Gasteiger partial charge >= 0.3 is 0 Å². The first-order valence-electron chi connectivity index (χ1n) is 6.94. The van der Waals surface area contributed by atoms with Gasteiger partial charge in [-0.05, 0) is 37.6 Å². The molecule has 1 aliphatic carbocycles. The zero-order valence-corrected chi connectivity index (χ0v) is 12.1. The van der Waals surface area contributed by atoms with Gasteiger partial charge < -0.3 is 10.5 Å². The molecule has 0 aromatic carbocycles. The highest BCUT2D eigenvalue weighted by Gasteiger charge is 2.40. The zero-order valence-electron chi connectivity index (χ0n) is 12.1. The fourth-order valence-corrected chi connectivity index (χ4v) is 2.97. The van der Waals surface area contributed by atoms with Crippen LogP contribution in [0, 0.1) is 5.41 Å². The minimum Gasteiger partial charge on any atom is -0.383 e. The third kappa shape index (κ3) is 3.67. The molecule has 3 heteroatoms. The first kappa shape index (κ1) is 14.9. The van der Waals surface area contributed by atoms with Crippen LogP contribution < -0.4 is 5.73 Å². The van der Waals surface area contributed by atoms with Crippen molar-refractivity contribution in [2.24, 2.45) is 11.1 Å². The van der Waals surface area contributed by atoms with Gasteiger partial charge in [0.25, 0.3) is 0 Å². The monoisotopic (exact) mass is 242 g/mol. The Morgan fingerprint density at radius 2 is 1.76 bits per heavy atom. The topological polar surface area (TPSA) is 38.5 Å². The molecule has 0 amide bonds. The van der Waals surface area contributed by atoms with Crippen LogP contribution in [-0.2, 0) is 4.74 Å². The van der Waals surface area contributed by atoms with Crippen LogP contribution >= 0.6 is 0 Å². The van der Waals surface area contributed by atoms with Gasteiger partial charge in [-0.3, -0.25) is 4.90 Å². The SMILES string of the molecule is CCN(CCOC)C1(CN)CCC(C)(C)CC1. The van der Waals surface area contributed by atoms with Crippen LogP contribution in [0.4, 0.5) is 0 Å². The molecule has 1 fully saturated rings. The molecule has 1 saturated carbocycles. The van der Waals surface area contributed by atoms with Gasteiger partial charge in [-0.1, -0.05) is 20.8 Å². The summed E-state index contributed by atoms with van der Waals surface area (Å²) < 4.78 is 5.21. The van der Waals surface area contributed by atoms with Crippen molar-refractivity contribution >= 4 is 0 Å². The number of rotatable bonds is 6. The smallest absolute Gasteiger partial charge is 0.0589 e. The second kappa shape index (κ2) is 6.17. The average Bonchev–Trinajstić information content (AvgIpc) is 2.32. The molecule has 0 bridgehead atoms. The molecule has 0 saturated heterocycles. The normalized spacial score (nSPS) is 22.9. The second-order valence-electron chi connectivity index (χ2n) is 6.17. The van der Waals surface area contributed by atoms with Crippen molar-refractivity contribution in [3.8, 4) is 0 Å². The van der Waals surface area contributed by atoms with Crippen molar-refractivity contribution in [1.29, 1.82) is 0 Å². The quantitative estimate of drug-likeness (QED) is 0.776. The largest absolute Gasteiger partial charge is 0.383 e. The van der Waals surface area contributed by atoms with Gasteiger partial charge in [0, 0.05) is 25.7 Å². The molecule has 0 aliphatic heterocycles. The van der Waals surface area contributed by atoms with Crippen LogP contribution in [0.1, 0.15) is 46.5 Å². The van der Waals surface area contributed by atoms with E-state index in [-0.39, 0.29) is 5.54 Å². The molecule has 1 aliphatic rings. The summed E-state index contributed by atoms with van der Waals surface area (Å²) in [6.45, 7) is 10.6. The Morgan fingerprint density at radius 3 is 2.18 bits per heavy atom. The molecule has 0 atom stereocenters. The first-order chi connectivity index (χ1) is 7.99. The van der Waals surface area contributed by atoms with Crippen LogP contribution in [0.2, 0.25) is 0 Å². The standard InChI is InChI=1S/C14H30N2O/c1-5-16(10-11-17-4)14(12-15)8-6-13(2,3)7-9-14/h5-12,15H2,1-4H3. The Hall–Kier alpha value is -0.120. The van der Waals surface area contributed by atoms with Gasteiger partial charge in [-0.2, -0.15) is 0 Å². The van der Waals surface area contributed by atoms with Gasteiger partial charge in [-0.15, -0.1) is 0 Å². The van der Waals surface area contributed by atoms with Crippen LogP contribution in [0.5, 0.6) is 0 Å². The Bertz CT molecular complexity index is 218. The van der Waals surface area contributed by atoms with E-state index in [0.717, 1.165) is 26.2 Å². The Kier molecular flexibility index (Phi) is 5.42. The fraction of sp³-hybridized carbons (Fsp3) is 1.00.